The van der Waals surface area contributed by atoms with Crippen LogP contribution in [0.5, 0.6) is 5.75 Å². The molecule has 0 unspecified atom stereocenters. The summed E-state index contributed by atoms with van der Waals surface area (Å²) in [6, 6.07) is 15.9. The van der Waals surface area contributed by atoms with Gasteiger partial charge in [-0.25, -0.2) is 9.97 Å². The third-order valence-electron chi connectivity index (χ3n) is 6.90. The average Bonchev–Trinajstić information content (AvgIpc) is 3.28. The third kappa shape index (κ3) is 5.05. The van der Waals surface area contributed by atoms with Crippen LogP contribution in [-0.4, -0.2) is 63.8 Å². The van der Waals surface area contributed by atoms with Crippen molar-refractivity contribution < 1.29 is 9.84 Å². The summed E-state index contributed by atoms with van der Waals surface area (Å²) < 4.78 is 5.90. The third-order valence-corrected chi connectivity index (χ3v) is 7.13. The molecule has 0 amide bonds. The molecule has 188 valence electrons. The van der Waals surface area contributed by atoms with Gasteiger partial charge < -0.3 is 24.6 Å². The topological polar surface area (TPSA) is 77.5 Å². The molecule has 3 heterocycles. The lowest BCUT2D eigenvalue weighted by atomic mass is 9.92. The molecule has 0 saturated heterocycles. The molecule has 2 atom stereocenters. The molecule has 0 fully saturated rings. The second kappa shape index (κ2) is 10.9. The minimum Gasteiger partial charge on any atom is -0.491 e. The van der Waals surface area contributed by atoms with E-state index in [9.17, 15) is 5.11 Å². The Morgan fingerprint density at radius 2 is 1.89 bits per heavy atom. The first-order valence-corrected chi connectivity index (χ1v) is 12.9. The van der Waals surface area contributed by atoms with Crippen LogP contribution in [-0.2, 0) is 6.42 Å². The number of aliphatic hydroxyl groups excluding tert-OH is 1. The Morgan fingerprint density at radius 1 is 1.14 bits per heavy atom. The first kappa shape index (κ1) is 24.6. The number of H-pyrrole nitrogens is 1. The molecule has 5 rings (SSSR count). The van der Waals surface area contributed by atoms with Crippen LogP contribution in [0, 0.1) is 0 Å². The molecule has 2 N–H and O–H groups in total. The zero-order valence-electron chi connectivity index (χ0n) is 20.7. The molecule has 7 nitrogen and oxygen atoms in total. The van der Waals surface area contributed by atoms with Crippen LogP contribution in [0.2, 0.25) is 5.02 Å². The van der Waals surface area contributed by atoms with E-state index in [0.29, 0.717) is 12.5 Å². The minimum atomic E-state index is -0.533. The summed E-state index contributed by atoms with van der Waals surface area (Å²) in [5.41, 5.74) is 4.60. The Balaban J connectivity index is 1.43. The fourth-order valence-electron chi connectivity index (χ4n) is 5.03. The maximum Gasteiger partial charge on any atom is 0.226 e. The number of nitrogens with zero attached hydrogens (tertiary/aromatic N) is 4. The maximum atomic E-state index is 10.4. The van der Waals surface area contributed by atoms with Crippen LogP contribution in [0.1, 0.15) is 36.7 Å². The van der Waals surface area contributed by atoms with Crippen LogP contribution in [0.15, 0.2) is 60.9 Å². The summed E-state index contributed by atoms with van der Waals surface area (Å²) >= 11 is 6.33. The Labute approximate surface area is 216 Å². The Morgan fingerprint density at radius 3 is 2.61 bits per heavy atom. The zero-order valence-corrected chi connectivity index (χ0v) is 21.4. The van der Waals surface area contributed by atoms with E-state index >= 15 is 0 Å². The van der Waals surface area contributed by atoms with Crippen molar-refractivity contribution in [2.24, 2.45) is 0 Å². The molecule has 4 aromatic rings. The second-order valence-corrected chi connectivity index (χ2v) is 9.56. The number of aromatic nitrogens is 3. The number of benzene rings is 2. The van der Waals surface area contributed by atoms with Gasteiger partial charge in [0.2, 0.25) is 5.95 Å². The highest BCUT2D eigenvalue weighted by molar-refractivity contribution is 6.31. The van der Waals surface area contributed by atoms with Crippen molar-refractivity contribution in [1.29, 1.82) is 0 Å². The van der Waals surface area contributed by atoms with Gasteiger partial charge in [0.1, 0.15) is 18.5 Å². The van der Waals surface area contributed by atoms with Crippen molar-refractivity contribution >= 4 is 28.5 Å². The zero-order chi connectivity index (χ0) is 25.1. The minimum absolute atomic E-state index is 0.0790. The van der Waals surface area contributed by atoms with E-state index in [1.807, 2.05) is 36.4 Å². The van der Waals surface area contributed by atoms with E-state index in [4.69, 9.17) is 16.3 Å². The molecular weight excluding hydrogens is 474 g/mol. The van der Waals surface area contributed by atoms with Crippen molar-refractivity contribution in [3.63, 3.8) is 0 Å². The van der Waals surface area contributed by atoms with Gasteiger partial charge in [0, 0.05) is 47.1 Å². The molecule has 36 heavy (non-hydrogen) atoms. The number of aromatic amines is 1. The number of halogens is 1. The second-order valence-electron chi connectivity index (χ2n) is 9.12. The van der Waals surface area contributed by atoms with Crippen LogP contribution >= 0.6 is 11.6 Å². The molecule has 0 aliphatic carbocycles. The average molecular weight is 506 g/mol. The van der Waals surface area contributed by atoms with Gasteiger partial charge in [0.15, 0.2) is 0 Å². The standard InChI is InChI=1S/C28H32ClN5O2/c1-3-33(4-2)17-21(35)18-36-22-9-6-19(7-10-22)27-26-23(24-16-20(29)8-11-25(24)32-26)12-15-34(27)28-30-13-5-14-31-28/h5-11,13-14,16,21,27,32,35H,3-4,12,15,17-18H2,1-2H3/t21-,27+/m1/s1. The lowest BCUT2D eigenvalue weighted by Gasteiger charge is -2.36. The quantitative estimate of drug-likeness (QED) is 0.339. The molecule has 0 radical (unpaired) electrons. The summed E-state index contributed by atoms with van der Waals surface area (Å²) in [7, 11) is 0. The highest BCUT2D eigenvalue weighted by Crippen LogP contribution is 2.40. The lowest BCUT2D eigenvalue weighted by Crippen LogP contribution is -2.37. The molecule has 0 spiro atoms. The summed E-state index contributed by atoms with van der Waals surface area (Å²) in [4.78, 5) is 17.2. The summed E-state index contributed by atoms with van der Waals surface area (Å²) in [5, 5.41) is 12.3. The van der Waals surface area contributed by atoms with Crippen molar-refractivity contribution in [2.75, 3.05) is 37.7 Å². The number of ether oxygens (including phenoxy) is 1. The number of fused-ring (bicyclic) bond motifs is 3. The Hall–Kier alpha value is -3.13. The molecule has 8 heteroatoms. The number of aliphatic hydroxyl groups is 1. The molecule has 2 aromatic carbocycles. The van der Waals surface area contributed by atoms with Crippen LogP contribution in [0.3, 0.4) is 0 Å². The monoisotopic (exact) mass is 505 g/mol. The van der Waals surface area contributed by atoms with Crippen molar-refractivity contribution in [2.45, 2.75) is 32.4 Å². The normalized spacial score (nSPS) is 16.4. The summed E-state index contributed by atoms with van der Waals surface area (Å²) in [6.45, 7) is 7.66. The van der Waals surface area contributed by atoms with E-state index in [-0.39, 0.29) is 12.6 Å². The van der Waals surface area contributed by atoms with Gasteiger partial charge in [-0.05, 0) is 67.0 Å². The highest BCUT2D eigenvalue weighted by Gasteiger charge is 2.33. The largest absolute Gasteiger partial charge is 0.491 e. The SMILES string of the molecule is CCN(CC)C[C@@H](O)COc1ccc([C@H]2c3[nH]c4ccc(Cl)cc4c3CCN2c2ncccn2)cc1. The maximum absolute atomic E-state index is 10.4. The molecule has 0 bridgehead atoms. The first-order chi connectivity index (χ1) is 17.6. The van der Waals surface area contributed by atoms with Gasteiger partial charge in [-0.1, -0.05) is 37.6 Å². The molecule has 0 saturated carbocycles. The number of likely N-dealkylation sites (N-methyl/N-ethyl adjacent to an activating group) is 1. The van der Waals surface area contributed by atoms with E-state index < -0.39 is 6.10 Å². The number of nitrogens with one attached hydrogen (secondary N) is 1. The fourth-order valence-corrected chi connectivity index (χ4v) is 5.21. The highest BCUT2D eigenvalue weighted by atomic mass is 35.5. The smallest absolute Gasteiger partial charge is 0.226 e. The number of hydrogen-bond acceptors (Lipinski definition) is 6. The summed E-state index contributed by atoms with van der Waals surface area (Å²) in [6.07, 6.45) is 3.89. The van der Waals surface area contributed by atoms with E-state index in [0.717, 1.165) is 53.6 Å². The van der Waals surface area contributed by atoms with Gasteiger partial charge >= 0.3 is 0 Å². The predicted molar refractivity (Wildman–Crippen MR) is 144 cm³/mol. The molecule has 2 aromatic heterocycles. The van der Waals surface area contributed by atoms with Gasteiger partial charge in [-0.3, -0.25) is 0 Å². The van der Waals surface area contributed by atoms with Crippen molar-refractivity contribution in [3.8, 4) is 5.75 Å². The summed E-state index contributed by atoms with van der Waals surface area (Å²) in [5.74, 6) is 1.43. The van der Waals surface area contributed by atoms with Gasteiger partial charge in [-0.2, -0.15) is 0 Å². The number of anilines is 1. The molecule has 1 aliphatic heterocycles. The molecule has 1 aliphatic rings. The Kier molecular flexibility index (Phi) is 7.41. The van der Waals surface area contributed by atoms with E-state index in [1.54, 1.807) is 12.4 Å². The van der Waals surface area contributed by atoms with Crippen molar-refractivity contribution in [3.05, 3.63) is 82.8 Å². The van der Waals surface area contributed by atoms with Crippen LogP contribution in [0.4, 0.5) is 5.95 Å². The number of hydrogen-bond donors (Lipinski definition) is 2. The van der Waals surface area contributed by atoms with Crippen molar-refractivity contribution in [1.82, 2.24) is 19.9 Å². The van der Waals surface area contributed by atoms with Gasteiger partial charge in [0.25, 0.3) is 0 Å². The van der Waals surface area contributed by atoms with Crippen LogP contribution < -0.4 is 9.64 Å². The number of rotatable bonds is 9. The van der Waals surface area contributed by atoms with E-state index in [2.05, 4.69) is 50.7 Å². The van der Waals surface area contributed by atoms with E-state index in [1.165, 1.54) is 10.9 Å². The van der Waals surface area contributed by atoms with Gasteiger partial charge in [0.05, 0.1) is 6.04 Å². The Bertz CT molecular complexity index is 1290. The predicted octanol–water partition coefficient (Wildman–Crippen LogP) is 4.84. The van der Waals surface area contributed by atoms with Crippen LogP contribution in [0.25, 0.3) is 10.9 Å². The van der Waals surface area contributed by atoms with Gasteiger partial charge in [-0.15, -0.1) is 0 Å². The molecular formula is C28H32ClN5O2. The first-order valence-electron chi connectivity index (χ1n) is 12.5. The lowest BCUT2D eigenvalue weighted by molar-refractivity contribution is 0.0716. The fraction of sp³-hybridized carbons (Fsp3) is 0.357.